The van der Waals surface area contributed by atoms with Crippen molar-refractivity contribution >= 4 is 6.21 Å². The summed E-state index contributed by atoms with van der Waals surface area (Å²) in [5, 5.41) is 0. The molecule has 0 spiro atoms. The summed E-state index contributed by atoms with van der Waals surface area (Å²) in [6, 6.07) is 4.69. The molecular formula is C13H18N3OY-. The Hall–Kier alpha value is -0.736. The second kappa shape index (κ2) is 8.38. The Morgan fingerprint density at radius 3 is 2.78 bits per heavy atom. The van der Waals surface area contributed by atoms with E-state index in [1.54, 1.807) is 31.6 Å². The van der Waals surface area contributed by atoms with Gasteiger partial charge in [0, 0.05) is 51.7 Å². The van der Waals surface area contributed by atoms with Gasteiger partial charge in [0.1, 0.15) is 0 Å². The van der Waals surface area contributed by atoms with E-state index >= 15 is 0 Å². The molecule has 1 radical (unpaired) electrons. The molecule has 0 amide bonds. The zero-order chi connectivity index (χ0) is 12.8. The van der Waals surface area contributed by atoms with Crippen molar-refractivity contribution in [3.05, 3.63) is 46.0 Å². The van der Waals surface area contributed by atoms with Gasteiger partial charge in [0.25, 0.3) is 0 Å². The van der Waals surface area contributed by atoms with E-state index in [-0.39, 0.29) is 38.3 Å². The first kappa shape index (κ1) is 17.3. The topological polar surface area (TPSA) is 60.4 Å². The third-order valence-corrected chi connectivity index (χ3v) is 2.36. The van der Waals surface area contributed by atoms with Crippen molar-refractivity contribution < 1.29 is 32.7 Å². The van der Waals surface area contributed by atoms with Gasteiger partial charge in [-0.1, -0.05) is 26.0 Å². The average Bonchev–Trinajstić information content (AvgIpc) is 2.28. The largest absolute Gasteiger partial charge is 0.401 e. The van der Waals surface area contributed by atoms with Crippen LogP contribution in [-0.4, -0.2) is 17.8 Å². The van der Waals surface area contributed by atoms with E-state index in [0.29, 0.717) is 18.2 Å². The van der Waals surface area contributed by atoms with Crippen molar-refractivity contribution in [2.45, 2.75) is 26.3 Å². The summed E-state index contributed by atoms with van der Waals surface area (Å²) in [7, 11) is 1.67. The van der Waals surface area contributed by atoms with Crippen LogP contribution in [-0.2, 0) is 39.3 Å². The minimum atomic E-state index is -0.0581. The van der Waals surface area contributed by atoms with E-state index in [4.69, 9.17) is 5.73 Å². The van der Waals surface area contributed by atoms with Crippen LogP contribution in [0.1, 0.15) is 25.3 Å². The maximum Gasteiger partial charge on any atom is 0.168 e. The van der Waals surface area contributed by atoms with Crippen LogP contribution in [0.2, 0.25) is 0 Å². The SMILES string of the molecule is CN=C/C=C(\N)Cn1c[c-]c(C(C)C)cc1=O.[Y]. The Balaban J connectivity index is 0.00000289. The van der Waals surface area contributed by atoms with Crippen molar-refractivity contribution in [3.63, 3.8) is 0 Å². The molecule has 18 heavy (non-hydrogen) atoms. The van der Waals surface area contributed by atoms with E-state index in [9.17, 15) is 4.79 Å². The third-order valence-electron chi connectivity index (χ3n) is 2.36. The molecule has 0 saturated carbocycles. The molecule has 0 aliphatic heterocycles. The predicted octanol–water partition coefficient (Wildman–Crippen LogP) is 1.31. The molecule has 0 aliphatic carbocycles. The van der Waals surface area contributed by atoms with Crippen molar-refractivity contribution in [2.24, 2.45) is 10.7 Å². The summed E-state index contributed by atoms with van der Waals surface area (Å²) in [4.78, 5) is 15.6. The molecule has 1 aromatic rings. The Morgan fingerprint density at radius 2 is 2.28 bits per heavy atom. The maximum atomic E-state index is 11.8. The molecule has 0 aliphatic rings. The van der Waals surface area contributed by atoms with Crippen LogP contribution in [0.25, 0.3) is 0 Å². The average molecular weight is 321 g/mol. The van der Waals surface area contributed by atoms with Gasteiger partial charge >= 0.3 is 0 Å². The normalized spacial score (nSPS) is 11.9. The second-order valence-electron chi connectivity index (χ2n) is 4.14. The Labute approximate surface area is 133 Å². The molecule has 0 bridgehead atoms. The molecule has 0 saturated heterocycles. The van der Waals surface area contributed by atoms with E-state index in [1.807, 2.05) is 13.8 Å². The number of nitrogens with two attached hydrogens (primary N) is 1. The van der Waals surface area contributed by atoms with Crippen LogP contribution in [0.5, 0.6) is 0 Å². The van der Waals surface area contributed by atoms with Gasteiger partial charge in [-0.3, -0.25) is 9.79 Å². The molecule has 4 nitrogen and oxygen atoms in total. The fourth-order valence-corrected chi connectivity index (χ4v) is 1.35. The van der Waals surface area contributed by atoms with Gasteiger partial charge in [-0.2, -0.15) is 0 Å². The summed E-state index contributed by atoms with van der Waals surface area (Å²) in [6.45, 7) is 4.42. The Kier molecular flexibility index (Phi) is 8.04. The van der Waals surface area contributed by atoms with Crippen molar-refractivity contribution in [1.29, 1.82) is 0 Å². The van der Waals surface area contributed by atoms with Crippen LogP contribution in [0.15, 0.2) is 33.8 Å². The zero-order valence-electron chi connectivity index (χ0n) is 11.1. The van der Waals surface area contributed by atoms with Gasteiger partial charge in [-0.05, 0) is 6.08 Å². The predicted molar refractivity (Wildman–Crippen MR) is 70.3 cm³/mol. The van der Waals surface area contributed by atoms with Crippen LogP contribution < -0.4 is 11.3 Å². The van der Waals surface area contributed by atoms with Crippen molar-refractivity contribution in [2.75, 3.05) is 7.05 Å². The third kappa shape index (κ3) is 5.27. The van der Waals surface area contributed by atoms with Gasteiger partial charge in [0.05, 0.1) is 6.54 Å². The molecule has 0 atom stereocenters. The Morgan fingerprint density at radius 1 is 1.61 bits per heavy atom. The van der Waals surface area contributed by atoms with E-state index in [0.717, 1.165) is 5.56 Å². The molecule has 1 heterocycles. The molecular weight excluding hydrogens is 303 g/mol. The number of rotatable bonds is 4. The van der Waals surface area contributed by atoms with E-state index in [2.05, 4.69) is 11.1 Å². The summed E-state index contributed by atoms with van der Waals surface area (Å²) in [5.41, 5.74) is 7.20. The van der Waals surface area contributed by atoms with Gasteiger partial charge < -0.3 is 10.3 Å². The minimum Gasteiger partial charge on any atom is -0.401 e. The molecule has 1 rings (SSSR count). The number of allylic oxidation sites excluding steroid dienone is 2. The standard InChI is InChI=1S/C13H18N3O.Y/c1-10(2)11-5-7-16(13(17)8-11)9-12(14)4-6-15-3;/h4,6-8,10H,9,14H2,1-3H3;/q-1;/b12-4-,15-6?;. The Bertz CT molecular complexity index is 489. The van der Waals surface area contributed by atoms with E-state index < -0.39 is 0 Å². The first-order valence-electron chi connectivity index (χ1n) is 5.53. The summed E-state index contributed by atoms with van der Waals surface area (Å²) < 4.78 is 1.53. The van der Waals surface area contributed by atoms with Crippen LogP contribution in [0.3, 0.4) is 0 Å². The van der Waals surface area contributed by atoms with Gasteiger partial charge in [0.2, 0.25) is 0 Å². The summed E-state index contributed by atoms with van der Waals surface area (Å²) in [6.07, 6.45) is 4.94. The zero-order valence-corrected chi connectivity index (χ0v) is 13.9. The summed E-state index contributed by atoms with van der Waals surface area (Å²) >= 11 is 0. The number of pyridine rings is 1. The van der Waals surface area contributed by atoms with Crippen LogP contribution in [0, 0.1) is 6.07 Å². The fraction of sp³-hybridized carbons (Fsp3) is 0.385. The second-order valence-corrected chi connectivity index (χ2v) is 4.14. The first-order valence-corrected chi connectivity index (χ1v) is 5.53. The molecule has 1 aromatic heterocycles. The number of aromatic nitrogens is 1. The number of aliphatic imine (C=N–C) groups is 1. The number of hydrogen-bond acceptors (Lipinski definition) is 3. The molecule has 2 N–H and O–H groups in total. The van der Waals surface area contributed by atoms with Crippen LogP contribution >= 0.6 is 0 Å². The molecule has 0 fully saturated rings. The molecule has 5 heteroatoms. The van der Waals surface area contributed by atoms with Crippen LogP contribution in [0.4, 0.5) is 0 Å². The van der Waals surface area contributed by atoms with Gasteiger partial charge in [0.15, 0.2) is 5.56 Å². The van der Waals surface area contributed by atoms with Crippen molar-refractivity contribution in [3.8, 4) is 0 Å². The first-order chi connectivity index (χ1) is 8.04. The molecule has 95 valence electrons. The number of nitrogens with zero attached hydrogens (tertiary/aromatic N) is 2. The fourth-order valence-electron chi connectivity index (χ4n) is 1.35. The van der Waals surface area contributed by atoms with Gasteiger partial charge in [-0.15, -0.1) is 6.07 Å². The molecule has 0 aromatic carbocycles. The summed E-state index contributed by atoms with van der Waals surface area (Å²) in [5.74, 6) is 0.303. The minimum absolute atomic E-state index is 0. The van der Waals surface area contributed by atoms with E-state index in [1.165, 1.54) is 4.57 Å². The maximum absolute atomic E-state index is 11.8. The smallest absolute Gasteiger partial charge is 0.168 e. The monoisotopic (exact) mass is 321 g/mol. The van der Waals surface area contributed by atoms with Crippen molar-refractivity contribution in [1.82, 2.24) is 4.57 Å². The van der Waals surface area contributed by atoms with Gasteiger partial charge in [-0.25, -0.2) is 11.6 Å². The molecule has 0 unspecified atom stereocenters. The number of hydrogen-bond donors (Lipinski definition) is 1. The quantitative estimate of drug-likeness (QED) is 0.671.